The van der Waals surface area contributed by atoms with Crippen LogP contribution in [-0.4, -0.2) is 39.3 Å². The highest BCUT2D eigenvalue weighted by Crippen LogP contribution is 2.37. The molecule has 0 radical (unpaired) electrons. The Labute approximate surface area is 171 Å². The van der Waals surface area contributed by atoms with Crippen molar-refractivity contribution in [2.45, 2.75) is 25.2 Å². The first-order valence-electron chi connectivity index (χ1n) is 9.20. The van der Waals surface area contributed by atoms with Crippen LogP contribution in [0.15, 0.2) is 42.5 Å². The number of nitrogens with zero attached hydrogens (tertiary/aromatic N) is 4. The molecule has 1 fully saturated rings. The van der Waals surface area contributed by atoms with Gasteiger partial charge in [0.05, 0.1) is 16.8 Å². The molecule has 0 bridgehead atoms. The normalized spacial score (nSPS) is 15.8. The lowest BCUT2D eigenvalue weighted by Crippen LogP contribution is -2.45. The average molecular weight is 416 g/mol. The fraction of sp³-hybridized carbons (Fsp3) is 0.300. The number of carbonyl (C=O) groups is 1. The van der Waals surface area contributed by atoms with E-state index in [1.807, 2.05) is 12.1 Å². The molecule has 0 saturated carbocycles. The third-order valence-electron chi connectivity index (χ3n) is 5.23. The highest BCUT2D eigenvalue weighted by molar-refractivity contribution is 6.30. The number of aromatic nitrogens is 4. The summed E-state index contributed by atoms with van der Waals surface area (Å²) in [4.78, 5) is 13.4. The van der Waals surface area contributed by atoms with Gasteiger partial charge in [-0.05, 0) is 66.1 Å². The molecule has 150 valence electrons. The van der Waals surface area contributed by atoms with Crippen molar-refractivity contribution in [2.75, 3.05) is 18.5 Å². The van der Waals surface area contributed by atoms with Crippen LogP contribution in [-0.2, 0) is 14.9 Å². The third kappa shape index (κ3) is 3.73. The number of ether oxygens (including phenoxy) is 1. The van der Waals surface area contributed by atoms with Crippen molar-refractivity contribution >= 4 is 23.2 Å². The molecule has 3 aromatic rings. The second-order valence-electron chi connectivity index (χ2n) is 6.96. The van der Waals surface area contributed by atoms with E-state index >= 15 is 0 Å². The Balaban J connectivity index is 1.69. The van der Waals surface area contributed by atoms with Crippen molar-refractivity contribution in [2.24, 2.45) is 0 Å². The van der Waals surface area contributed by atoms with Gasteiger partial charge in [-0.3, -0.25) is 4.79 Å². The Morgan fingerprint density at radius 1 is 1.24 bits per heavy atom. The van der Waals surface area contributed by atoms with E-state index < -0.39 is 11.2 Å². The summed E-state index contributed by atoms with van der Waals surface area (Å²) in [5.41, 5.74) is 0.554. The van der Waals surface area contributed by atoms with Gasteiger partial charge in [-0.15, -0.1) is 5.10 Å². The number of anilines is 1. The molecule has 29 heavy (non-hydrogen) atoms. The third-order valence-corrected chi connectivity index (χ3v) is 5.46. The van der Waals surface area contributed by atoms with E-state index in [1.165, 1.54) is 16.8 Å². The SMILES string of the molecule is Cc1nnnn1-c1ccc(F)c(NC(=O)C2(c3cccc(Cl)c3)CCOCC2)c1. The molecule has 1 N–H and O–H groups in total. The van der Waals surface area contributed by atoms with E-state index in [0.717, 1.165) is 5.56 Å². The van der Waals surface area contributed by atoms with Crippen LogP contribution in [0.25, 0.3) is 5.69 Å². The quantitative estimate of drug-likeness (QED) is 0.705. The number of halogens is 2. The second kappa shape index (κ2) is 7.88. The molecule has 1 aliphatic rings. The Morgan fingerprint density at radius 3 is 2.72 bits per heavy atom. The summed E-state index contributed by atoms with van der Waals surface area (Å²) in [5.74, 6) is -0.289. The van der Waals surface area contributed by atoms with Crippen molar-refractivity contribution in [1.82, 2.24) is 20.2 Å². The number of aryl methyl sites for hydroxylation is 1. The zero-order chi connectivity index (χ0) is 20.4. The van der Waals surface area contributed by atoms with Gasteiger partial charge in [-0.2, -0.15) is 4.68 Å². The van der Waals surface area contributed by atoms with E-state index in [0.29, 0.717) is 42.6 Å². The van der Waals surface area contributed by atoms with Gasteiger partial charge in [0.1, 0.15) is 5.82 Å². The summed E-state index contributed by atoms with van der Waals surface area (Å²) in [6.07, 6.45) is 0.958. The number of amides is 1. The molecule has 1 aliphatic heterocycles. The summed E-state index contributed by atoms with van der Waals surface area (Å²) >= 11 is 6.16. The van der Waals surface area contributed by atoms with Crippen LogP contribution in [0.2, 0.25) is 5.02 Å². The number of nitrogens with one attached hydrogen (secondary N) is 1. The number of benzene rings is 2. The van der Waals surface area contributed by atoms with Crippen molar-refractivity contribution in [3.63, 3.8) is 0 Å². The van der Waals surface area contributed by atoms with Gasteiger partial charge in [-0.1, -0.05) is 23.7 Å². The summed E-state index contributed by atoms with van der Waals surface area (Å²) in [6, 6.07) is 11.6. The Morgan fingerprint density at radius 2 is 2.03 bits per heavy atom. The van der Waals surface area contributed by atoms with E-state index in [-0.39, 0.29) is 11.6 Å². The van der Waals surface area contributed by atoms with Crippen LogP contribution in [0.3, 0.4) is 0 Å². The van der Waals surface area contributed by atoms with Crippen LogP contribution in [0.4, 0.5) is 10.1 Å². The smallest absolute Gasteiger partial charge is 0.235 e. The average Bonchev–Trinajstić information content (AvgIpc) is 3.16. The largest absolute Gasteiger partial charge is 0.381 e. The molecule has 7 nitrogen and oxygen atoms in total. The number of carbonyl (C=O) groups excluding carboxylic acids is 1. The lowest BCUT2D eigenvalue weighted by molar-refractivity contribution is -0.125. The molecule has 0 unspecified atom stereocenters. The molecular weight excluding hydrogens is 397 g/mol. The molecule has 0 aliphatic carbocycles. The maximum Gasteiger partial charge on any atom is 0.235 e. The second-order valence-corrected chi connectivity index (χ2v) is 7.40. The monoisotopic (exact) mass is 415 g/mol. The molecule has 4 rings (SSSR count). The van der Waals surface area contributed by atoms with E-state index in [9.17, 15) is 9.18 Å². The highest BCUT2D eigenvalue weighted by Gasteiger charge is 2.42. The molecule has 9 heteroatoms. The van der Waals surface area contributed by atoms with Crippen LogP contribution >= 0.6 is 11.6 Å². The first kappa shape index (κ1) is 19.5. The van der Waals surface area contributed by atoms with Gasteiger partial charge in [0.25, 0.3) is 0 Å². The summed E-state index contributed by atoms with van der Waals surface area (Å²) in [6.45, 7) is 2.61. The fourth-order valence-electron chi connectivity index (χ4n) is 3.61. The minimum Gasteiger partial charge on any atom is -0.381 e. The lowest BCUT2D eigenvalue weighted by Gasteiger charge is -2.36. The number of tetrazole rings is 1. The number of hydrogen-bond acceptors (Lipinski definition) is 5. The molecule has 0 atom stereocenters. The van der Waals surface area contributed by atoms with Gasteiger partial charge in [0.2, 0.25) is 5.91 Å². The Bertz CT molecular complexity index is 1050. The minimum atomic E-state index is -0.851. The van der Waals surface area contributed by atoms with Gasteiger partial charge >= 0.3 is 0 Å². The zero-order valence-corrected chi connectivity index (χ0v) is 16.5. The van der Waals surface area contributed by atoms with Crippen molar-refractivity contribution in [3.8, 4) is 5.69 Å². The van der Waals surface area contributed by atoms with Gasteiger partial charge in [-0.25, -0.2) is 4.39 Å². The Kier molecular flexibility index (Phi) is 5.29. The first-order chi connectivity index (χ1) is 14.0. The van der Waals surface area contributed by atoms with Gasteiger partial charge in [0, 0.05) is 18.2 Å². The van der Waals surface area contributed by atoms with E-state index in [2.05, 4.69) is 20.8 Å². The predicted octanol–water partition coefficient (Wildman–Crippen LogP) is 3.45. The minimum absolute atomic E-state index is 0.0651. The first-order valence-corrected chi connectivity index (χ1v) is 9.57. The Hall–Kier alpha value is -2.84. The number of rotatable bonds is 4. The molecule has 1 aromatic heterocycles. The van der Waals surface area contributed by atoms with E-state index in [1.54, 1.807) is 25.1 Å². The van der Waals surface area contributed by atoms with Crippen molar-refractivity contribution < 1.29 is 13.9 Å². The summed E-state index contributed by atoms with van der Waals surface area (Å²) in [7, 11) is 0. The molecule has 0 spiro atoms. The van der Waals surface area contributed by atoms with Gasteiger partial charge in [0.15, 0.2) is 5.82 Å². The standard InChI is InChI=1S/C20H19ClFN5O2/c1-13-24-25-26-27(13)16-5-6-17(22)18(12-16)23-19(28)20(7-9-29-10-8-20)14-3-2-4-15(21)11-14/h2-6,11-12H,7-10H2,1H3,(H,23,28). The zero-order valence-electron chi connectivity index (χ0n) is 15.7. The summed E-state index contributed by atoms with van der Waals surface area (Å²) in [5, 5.41) is 14.6. The fourth-order valence-corrected chi connectivity index (χ4v) is 3.80. The molecule has 2 heterocycles. The van der Waals surface area contributed by atoms with Crippen molar-refractivity contribution in [3.05, 3.63) is 64.7 Å². The highest BCUT2D eigenvalue weighted by atomic mass is 35.5. The van der Waals surface area contributed by atoms with Crippen LogP contribution in [0.1, 0.15) is 24.2 Å². The molecule has 1 saturated heterocycles. The molecular formula is C20H19ClFN5O2. The lowest BCUT2D eigenvalue weighted by atomic mass is 9.73. The van der Waals surface area contributed by atoms with Crippen LogP contribution < -0.4 is 5.32 Å². The van der Waals surface area contributed by atoms with Gasteiger partial charge < -0.3 is 10.1 Å². The van der Waals surface area contributed by atoms with Crippen LogP contribution in [0.5, 0.6) is 0 Å². The molecule has 2 aromatic carbocycles. The summed E-state index contributed by atoms with van der Waals surface area (Å²) < 4.78 is 21.4. The van der Waals surface area contributed by atoms with E-state index in [4.69, 9.17) is 16.3 Å². The topological polar surface area (TPSA) is 81.9 Å². The maximum atomic E-state index is 14.5. The van der Waals surface area contributed by atoms with Crippen molar-refractivity contribution in [1.29, 1.82) is 0 Å². The number of hydrogen-bond donors (Lipinski definition) is 1. The molecule has 1 amide bonds. The van der Waals surface area contributed by atoms with Crippen LogP contribution in [0, 0.1) is 12.7 Å². The maximum absolute atomic E-state index is 14.5. The predicted molar refractivity (Wildman–Crippen MR) is 106 cm³/mol.